The van der Waals surface area contributed by atoms with E-state index in [2.05, 4.69) is 20.9 Å². The number of anilines is 3. The van der Waals surface area contributed by atoms with Gasteiger partial charge in [0.2, 0.25) is 23.6 Å². The zero-order chi connectivity index (χ0) is 29.3. The molecule has 4 atom stereocenters. The van der Waals surface area contributed by atoms with Gasteiger partial charge in [0, 0.05) is 59.1 Å². The zero-order valence-corrected chi connectivity index (χ0v) is 22.2. The van der Waals surface area contributed by atoms with Crippen molar-refractivity contribution in [2.24, 2.45) is 11.8 Å². The molecule has 3 aliphatic heterocycles. The molecule has 2 saturated heterocycles. The number of nitro groups is 1. The molecular weight excluding hydrogens is 540 g/mol. The molecule has 2 fully saturated rings. The summed E-state index contributed by atoms with van der Waals surface area (Å²) >= 11 is 0. The third-order valence-corrected chi connectivity index (χ3v) is 8.47. The van der Waals surface area contributed by atoms with E-state index in [4.69, 9.17) is 0 Å². The normalized spacial score (nSPS) is 24.3. The number of nitrogens with zero attached hydrogens (tertiary/aromatic N) is 2. The lowest BCUT2D eigenvalue weighted by molar-refractivity contribution is -0.384. The number of aromatic nitrogens is 1. The number of para-hydroxylation sites is 1. The van der Waals surface area contributed by atoms with Gasteiger partial charge in [0.15, 0.2) is 0 Å². The number of hydrogen-bond acceptors (Lipinski definition) is 7. The third-order valence-electron chi connectivity index (χ3n) is 8.47. The van der Waals surface area contributed by atoms with E-state index < -0.39 is 46.1 Å². The number of nitrogens with one attached hydrogen (secondary N) is 4. The average Bonchev–Trinajstić information content (AvgIpc) is 3.67. The molecule has 0 bridgehead atoms. The molecule has 3 aromatic carbocycles. The Morgan fingerprint density at radius 3 is 2.55 bits per heavy atom. The maximum Gasteiger partial charge on any atom is 0.269 e. The minimum absolute atomic E-state index is 0.231. The van der Waals surface area contributed by atoms with Crippen molar-refractivity contribution >= 4 is 57.3 Å². The summed E-state index contributed by atoms with van der Waals surface area (Å²) in [5, 5.41) is 21.4. The highest BCUT2D eigenvalue weighted by molar-refractivity contribution is 6.26. The highest BCUT2D eigenvalue weighted by Crippen LogP contribution is 2.54. The van der Waals surface area contributed by atoms with E-state index in [1.165, 1.54) is 25.1 Å². The lowest BCUT2D eigenvalue weighted by atomic mass is 9.76. The van der Waals surface area contributed by atoms with Gasteiger partial charge in [0.1, 0.15) is 5.54 Å². The minimum atomic E-state index is -1.69. The number of hydrogen-bond donors (Lipinski definition) is 4. The van der Waals surface area contributed by atoms with Gasteiger partial charge in [-0.25, -0.2) is 4.90 Å². The van der Waals surface area contributed by atoms with Gasteiger partial charge in [0.25, 0.3) is 5.69 Å². The Bertz CT molecular complexity index is 1850. The molecule has 1 aromatic heterocycles. The monoisotopic (exact) mass is 564 g/mol. The Morgan fingerprint density at radius 1 is 1.05 bits per heavy atom. The van der Waals surface area contributed by atoms with E-state index in [1.807, 2.05) is 30.5 Å². The van der Waals surface area contributed by atoms with Crippen molar-refractivity contribution < 1.29 is 24.1 Å². The van der Waals surface area contributed by atoms with Crippen LogP contribution in [0.15, 0.2) is 72.9 Å². The molecule has 4 aromatic rings. The third kappa shape index (κ3) is 3.58. The van der Waals surface area contributed by atoms with Crippen LogP contribution in [0.25, 0.3) is 10.9 Å². The van der Waals surface area contributed by atoms with Crippen molar-refractivity contribution in [1.29, 1.82) is 0 Å². The molecule has 0 radical (unpaired) electrons. The van der Waals surface area contributed by atoms with Crippen LogP contribution in [0.1, 0.15) is 18.1 Å². The summed E-state index contributed by atoms with van der Waals surface area (Å²) < 4.78 is 0. The molecule has 0 unspecified atom stereocenters. The van der Waals surface area contributed by atoms with Crippen molar-refractivity contribution in [3.8, 4) is 0 Å². The number of carbonyl (C=O) groups is 4. The standard InChI is InChI=1S/C30H24N6O6/c1-15(37)32-17-6-8-18(9-7-17)35-27(38)25-24(12-16-14-31-22-5-3-2-4-20(16)22)34-30(26(25)28(35)39)21-13-19(36(41)42)10-11-23(21)33-29(30)40/h2-11,13-14,24-26,31,34H,12H2,1H3,(H,32,37)(H,33,40)/t24-,25+,26-,30-/m0/s1. The van der Waals surface area contributed by atoms with Crippen LogP contribution in [0.5, 0.6) is 0 Å². The molecular formula is C30H24N6O6. The number of benzene rings is 3. The molecule has 12 nitrogen and oxygen atoms in total. The van der Waals surface area contributed by atoms with Gasteiger partial charge >= 0.3 is 0 Å². The summed E-state index contributed by atoms with van der Waals surface area (Å²) in [5.41, 5.74) is 1.29. The summed E-state index contributed by atoms with van der Waals surface area (Å²) in [6.45, 7) is 1.37. The van der Waals surface area contributed by atoms with Crippen molar-refractivity contribution in [2.45, 2.75) is 24.9 Å². The maximum absolute atomic E-state index is 14.2. The molecule has 42 heavy (non-hydrogen) atoms. The molecule has 210 valence electrons. The van der Waals surface area contributed by atoms with Gasteiger partial charge in [-0.05, 0) is 48.4 Å². The van der Waals surface area contributed by atoms with Crippen LogP contribution in [0.2, 0.25) is 0 Å². The van der Waals surface area contributed by atoms with Crippen LogP contribution < -0.4 is 20.9 Å². The number of carbonyl (C=O) groups excluding carboxylic acids is 4. The first-order valence-corrected chi connectivity index (χ1v) is 13.4. The van der Waals surface area contributed by atoms with Crippen LogP contribution in [-0.4, -0.2) is 39.6 Å². The fourth-order valence-electron chi connectivity index (χ4n) is 6.77. The van der Waals surface area contributed by atoms with Gasteiger partial charge in [-0.15, -0.1) is 0 Å². The van der Waals surface area contributed by atoms with Crippen LogP contribution in [0.4, 0.5) is 22.7 Å². The first-order valence-electron chi connectivity index (χ1n) is 13.4. The quantitative estimate of drug-likeness (QED) is 0.164. The second-order valence-electron chi connectivity index (χ2n) is 10.8. The Kier molecular flexibility index (Phi) is 5.53. The zero-order valence-electron chi connectivity index (χ0n) is 22.2. The van der Waals surface area contributed by atoms with Gasteiger partial charge in [-0.2, -0.15) is 0 Å². The van der Waals surface area contributed by atoms with Gasteiger partial charge in [0.05, 0.1) is 22.4 Å². The van der Waals surface area contributed by atoms with Gasteiger partial charge in [-0.3, -0.25) is 34.6 Å². The van der Waals surface area contributed by atoms with Crippen LogP contribution in [-0.2, 0) is 31.1 Å². The summed E-state index contributed by atoms with van der Waals surface area (Å²) in [5.74, 6) is -3.95. The fraction of sp³-hybridized carbons (Fsp3) is 0.200. The molecule has 1 spiro atoms. The SMILES string of the molecule is CC(=O)Nc1ccc(N2C(=O)[C@@H]3[C@H](Cc4c[nH]c5ccccc45)N[C@]4(C(=O)Nc5ccc([N+](=O)[O-])cc54)[C@@H]3C2=O)cc1. The largest absolute Gasteiger partial charge is 0.361 e. The number of fused-ring (bicyclic) bond motifs is 5. The summed E-state index contributed by atoms with van der Waals surface area (Å²) in [6, 6.07) is 17.4. The van der Waals surface area contributed by atoms with E-state index in [0.717, 1.165) is 21.4 Å². The first-order chi connectivity index (χ1) is 20.2. The number of imide groups is 1. The second kappa shape index (κ2) is 9.08. The maximum atomic E-state index is 14.2. The number of rotatable bonds is 5. The molecule has 4 amide bonds. The predicted octanol–water partition coefficient (Wildman–Crippen LogP) is 3.20. The summed E-state index contributed by atoms with van der Waals surface area (Å²) in [4.78, 5) is 69.1. The predicted molar refractivity (Wildman–Crippen MR) is 153 cm³/mol. The number of aromatic amines is 1. The Morgan fingerprint density at radius 2 is 1.81 bits per heavy atom. The summed E-state index contributed by atoms with van der Waals surface area (Å²) in [6.07, 6.45) is 2.17. The highest BCUT2D eigenvalue weighted by atomic mass is 16.6. The van der Waals surface area contributed by atoms with Crippen molar-refractivity contribution in [3.05, 3.63) is 94.2 Å². The van der Waals surface area contributed by atoms with Crippen LogP contribution in [0.3, 0.4) is 0 Å². The van der Waals surface area contributed by atoms with E-state index >= 15 is 0 Å². The smallest absolute Gasteiger partial charge is 0.269 e. The number of amides is 4. The lowest BCUT2D eigenvalue weighted by Gasteiger charge is -2.29. The molecule has 12 heteroatoms. The van der Waals surface area contributed by atoms with Crippen molar-refractivity contribution in [3.63, 3.8) is 0 Å². The number of nitro benzene ring substituents is 1. The van der Waals surface area contributed by atoms with Gasteiger partial charge in [-0.1, -0.05) is 18.2 Å². The van der Waals surface area contributed by atoms with E-state index in [-0.39, 0.29) is 17.2 Å². The topological polar surface area (TPSA) is 167 Å². The van der Waals surface area contributed by atoms with E-state index in [9.17, 15) is 29.3 Å². The first kappa shape index (κ1) is 25.6. The van der Waals surface area contributed by atoms with Crippen LogP contribution >= 0.6 is 0 Å². The molecule has 0 saturated carbocycles. The minimum Gasteiger partial charge on any atom is -0.361 e. The van der Waals surface area contributed by atoms with Crippen molar-refractivity contribution in [1.82, 2.24) is 10.3 Å². The average molecular weight is 565 g/mol. The van der Waals surface area contributed by atoms with Gasteiger partial charge < -0.3 is 15.6 Å². The van der Waals surface area contributed by atoms with Crippen LogP contribution in [0, 0.1) is 22.0 Å². The molecule has 7 rings (SSSR count). The molecule has 4 N–H and O–H groups in total. The summed E-state index contributed by atoms with van der Waals surface area (Å²) in [7, 11) is 0. The molecule has 0 aliphatic carbocycles. The highest BCUT2D eigenvalue weighted by Gasteiger charge is 2.70. The Hall–Kier alpha value is -5.36. The molecule has 3 aliphatic rings. The lowest BCUT2D eigenvalue weighted by Crippen LogP contribution is -2.53. The van der Waals surface area contributed by atoms with E-state index in [1.54, 1.807) is 24.3 Å². The second-order valence-corrected chi connectivity index (χ2v) is 10.8. The fourth-order valence-corrected chi connectivity index (χ4v) is 6.77. The van der Waals surface area contributed by atoms with Crippen molar-refractivity contribution in [2.75, 3.05) is 15.5 Å². The Labute approximate surface area is 238 Å². The molecule has 4 heterocycles. The number of H-pyrrole nitrogens is 1. The Balaban J connectivity index is 1.35. The number of non-ortho nitro benzene ring substituents is 1. The van der Waals surface area contributed by atoms with E-state index in [0.29, 0.717) is 23.5 Å².